The molecule has 0 aromatic heterocycles. The number of benzene rings is 1. The Morgan fingerprint density at radius 2 is 2.12 bits per heavy atom. The number of likely N-dealkylation sites (tertiary alicyclic amines) is 1. The van der Waals surface area contributed by atoms with Gasteiger partial charge >= 0.3 is 6.03 Å². The van der Waals surface area contributed by atoms with E-state index in [4.69, 9.17) is 9.47 Å². The topological polar surface area (TPSA) is 79.9 Å². The first kappa shape index (κ1) is 17.5. The molecule has 2 atom stereocenters. The fourth-order valence-electron chi connectivity index (χ4n) is 3.35. The molecule has 2 N–H and O–H groups in total. The van der Waals surface area contributed by atoms with Crippen LogP contribution >= 0.6 is 0 Å². The Morgan fingerprint density at radius 3 is 2.88 bits per heavy atom. The number of nitrogens with zero attached hydrogens (tertiary/aromatic N) is 1. The highest BCUT2D eigenvalue weighted by atomic mass is 16.5. The lowest BCUT2D eigenvalue weighted by molar-refractivity contribution is -0.125. The van der Waals surface area contributed by atoms with E-state index in [-0.39, 0.29) is 18.0 Å². The van der Waals surface area contributed by atoms with Gasteiger partial charge in [-0.15, -0.1) is 0 Å². The van der Waals surface area contributed by atoms with Crippen molar-refractivity contribution in [1.82, 2.24) is 10.2 Å². The number of hydrogen-bond donors (Lipinski definition) is 2. The summed E-state index contributed by atoms with van der Waals surface area (Å²) in [6, 6.07) is 6.51. The van der Waals surface area contributed by atoms with Gasteiger partial charge in [0.05, 0.1) is 18.9 Å². The number of nitrogens with one attached hydrogen (secondary N) is 2. The Hall–Kier alpha value is -2.28. The molecule has 2 fully saturated rings. The molecule has 2 aliphatic rings. The van der Waals surface area contributed by atoms with Crippen molar-refractivity contribution in [2.45, 2.75) is 37.8 Å². The molecule has 25 heavy (non-hydrogen) atoms. The van der Waals surface area contributed by atoms with Crippen molar-refractivity contribution in [1.29, 1.82) is 0 Å². The van der Waals surface area contributed by atoms with Crippen molar-refractivity contribution >= 4 is 17.6 Å². The van der Waals surface area contributed by atoms with E-state index < -0.39 is 6.04 Å². The number of amides is 3. The van der Waals surface area contributed by atoms with Crippen molar-refractivity contribution < 1.29 is 19.1 Å². The molecular weight excluding hydrogens is 322 g/mol. The molecule has 3 amide bonds. The third-order valence-corrected chi connectivity index (χ3v) is 4.69. The second-order valence-electron chi connectivity index (χ2n) is 6.36. The van der Waals surface area contributed by atoms with E-state index in [1.54, 1.807) is 24.1 Å². The molecule has 7 nitrogen and oxygen atoms in total. The van der Waals surface area contributed by atoms with Gasteiger partial charge in [-0.05, 0) is 37.8 Å². The zero-order valence-electron chi connectivity index (χ0n) is 14.5. The van der Waals surface area contributed by atoms with Gasteiger partial charge in [-0.1, -0.05) is 12.1 Å². The smallest absolute Gasteiger partial charge is 0.322 e. The summed E-state index contributed by atoms with van der Waals surface area (Å²) in [6.45, 7) is 1.84. The summed E-state index contributed by atoms with van der Waals surface area (Å²) in [5.41, 5.74) is 0.598. The number of hydrogen-bond acceptors (Lipinski definition) is 4. The van der Waals surface area contributed by atoms with Crippen molar-refractivity contribution in [2.75, 3.05) is 32.1 Å². The molecule has 2 saturated heterocycles. The van der Waals surface area contributed by atoms with Gasteiger partial charge in [0.2, 0.25) is 5.91 Å². The van der Waals surface area contributed by atoms with Crippen molar-refractivity contribution in [3.8, 4) is 5.75 Å². The zero-order chi connectivity index (χ0) is 17.6. The average Bonchev–Trinajstić information content (AvgIpc) is 3.31. The van der Waals surface area contributed by atoms with Gasteiger partial charge in [-0.3, -0.25) is 4.79 Å². The zero-order valence-corrected chi connectivity index (χ0v) is 14.5. The number of methoxy groups -OCH3 is 1. The molecular formula is C18H25N3O4. The molecule has 3 rings (SSSR count). The second kappa shape index (κ2) is 8.20. The van der Waals surface area contributed by atoms with Crippen LogP contribution in [0.25, 0.3) is 0 Å². The lowest BCUT2D eigenvalue weighted by Crippen LogP contribution is -2.48. The number of urea groups is 1. The number of anilines is 1. The van der Waals surface area contributed by atoms with Gasteiger partial charge in [-0.2, -0.15) is 0 Å². The highest BCUT2D eigenvalue weighted by Gasteiger charge is 2.34. The van der Waals surface area contributed by atoms with Crippen molar-refractivity contribution in [3.63, 3.8) is 0 Å². The first-order valence-corrected chi connectivity index (χ1v) is 8.79. The molecule has 0 unspecified atom stereocenters. The Labute approximate surface area is 147 Å². The summed E-state index contributed by atoms with van der Waals surface area (Å²) in [6.07, 6.45) is 3.61. The van der Waals surface area contributed by atoms with Crippen LogP contribution in [0.4, 0.5) is 10.5 Å². The molecule has 7 heteroatoms. The standard InChI is InChI=1S/C18H25N3O4/c1-24-16-9-3-2-7-14(16)20-18(23)21-10-4-8-15(21)17(22)19-12-13-6-5-11-25-13/h2-3,7,9,13,15H,4-6,8,10-12H2,1H3,(H,19,22)(H,20,23)/t13-,15+/m0/s1. The summed E-state index contributed by atoms with van der Waals surface area (Å²) in [5, 5.41) is 5.77. The second-order valence-corrected chi connectivity index (χ2v) is 6.36. The minimum absolute atomic E-state index is 0.0983. The maximum absolute atomic E-state index is 12.6. The highest BCUT2D eigenvalue weighted by Crippen LogP contribution is 2.25. The first-order chi connectivity index (χ1) is 12.2. The third-order valence-electron chi connectivity index (χ3n) is 4.69. The third kappa shape index (κ3) is 4.22. The van der Waals surface area contributed by atoms with Gasteiger partial charge in [-0.25, -0.2) is 4.79 Å². The van der Waals surface area contributed by atoms with Crippen LogP contribution in [0.2, 0.25) is 0 Å². The van der Waals surface area contributed by atoms with Gasteiger partial charge in [0.15, 0.2) is 0 Å². The van der Waals surface area contributed by atoms with Crippen LogP contribution in [0.1, 0.15) is 25.7 Å². The van der Waals surface area contributed by atoms with Crippen LogP contribution in [0.15, 0.2) is 24.3 Å². The van der Waals surface area contributed by atoms with Crippen LogP contribution in [-0.4, -0.2) is 55.8 Å². The van der Waals surface area contributed by atoms with Gasteiger partial charge in [0, 0.05) is 19.7 Å². The van der Waals surface area contributed by atoms with Gasteiger partial charge in [0.1, 0.15) is 11.8 Å². The molecule has 1 aromatic carbocycles. The Morgan fingerprint density at radius 1 is 1.28 bits per heavy atom. The van der Waals surface area contributed by atoms with E-state index in [2.05, 4.69) is 10.6 Å². The highest BCUT2D eigenvalue weighted by molar-refractivity contribution is 5.95. The Bertz CT molecular complexity index is 616. The van der Waals surface area contributed by atoms with Crippen LogP contribution in [0.5, 0.6) is 5.75 Å². The lowest BCUT2D eigenvalue weighted by atomic mass is 10.2. The number of rotatable bonds is 5. The molecule has 0 spiro atoms. The van der Waals surface area contributed by atoms with Crippen LogP contribution in [0.3, 0.4) is 0 Å². The first-order valence-electron chi connectivity index (χ1n) is 8.79. The predicted molar refractivity (Wildman–Crippen MR) is 93.7 cm³/mol. The van der Waals surface area contributed by atoms with E-state index in [0.717, 1.165) is 25.9 Å². The van der Waals surface area contributed by atoms with Crippen molar-refractivity contribution in [2.24, 2.45) is 0 Å². The SMILES string of the molecule is COc1ccccc1NC(=O)N1CCC[C@@H]1C(=O)NC[C@@H]1CCCO1. The van der Waals surface area contributed by atoms with Gasteiger partial charge in [0.25, 0.3) is 0 Å². The summed E-state index contributed by atoms with van der Waals surface area (Å²) in [7, 11) is 1.56. The fourth-order valence-corrected chi connectivity index (χ4v) is 3.35. The van der Waals surface area contributed by atoms with E-state index in [0.29, 0.717) is 30.9 Å². The predicted octanol–water partition coefficient (Wildman–Crippen LogP) is 1.99. The number of ether oxygens (including phenoxy) is 2. The van der Waals surface area contributed by atoms with Gasteiger partial charge < -0.3 is 25.0 Å². The van der Waals surface area contributed by atoms with E-state index in [9.17, 15) is 9.59 Å². The molecule has 1 aromatic rings. The lowest BCUT2D eigenvalue weighted by Gasteiger charge is -2.25. The Kier molecular flexibility index (Phi) is 5.75. The maximum Gasteiger partial charge on any atom is 0.322 e. The summed E-state index contributed by atoms with van der Waals surface area (Å²) in [5.74, 6) is 0.484. The molecule has 2 aliphatic heterocycles. The minimum Gasteiger partial charge on any atom is -0.495 e. The molecule has 0 bridgehead atoms. The van der Waals surface area contributed by atoms with Crippen LogP contribution in [-0.2, 0) is 9.53 Å². The quantitative estimate of drug-likeness (QED) is 0.854. The normalized spacial score (nSPS) is 22.7. The summed E-state index contributed by atoms with van der Waals surface area (Å²) < 4.78 is 10.8. The summed E-state index contributed by atoms with van der Waals surface area (Å²) >= 11 is 0. The number of para-hydroxylation sites is 2. The van der Waals surface area contributed by atoms with E-state index in [1.165, 1.54) is 0 Å². The van der Waals surface area contributed by atoms with E-state index >= 15 is 0 Å². The Balaban J connectivity index is 1.58. The summed E-state index contributed by atoms with van der Waals surface area (Å²) in [4.78, 5) is 26.7. The number of carbonyl (C=O) groups excluding carboxylic acids is 2. The largest absolute Gasteiger partial charge is 0.495 e. The van der Waals surface area contributed by atoms with Crippen LogP contribution in [0, 0.1) is 0 Å². The fraction of sp³-hybridized carbons (Fsp3) is 0.556. The number of carbonyl (C=O) groups is 2. The molecule has 0 saturated carbocycles. The molecule has 136 valence electrons. The van der Waals surface area contributed by atoms with Crippen LogP contribution < -0.4 is 15.4 Å². The van der Waals surface area contributed by atoms with E-state index in [1.807, 2.05) is 12.1 Å². The maximum atomic E-state index is 12.6. The molecule has 0 radical (unpaired) electrons. The van der Waals surface area contributed by atoms with Crippen molar-refractivity contribution in [3.05, 3.63) is 24.3 Å². The minimum atomic E-state index is -0.434. The molecule has 2 heterocycles. The average molecular weight is 347 g/mol. The monoisotopic (exact) mass is 347 g/mol. The molecule has 0 aliphatic carbocycles.